The fraction of sp³-hybridized carbons (Fsp3) is 0.125. The number of aromatic nitrogens is 1. The van der Waals surface area contributed by atoms with E-state index in [4.69, 9.17) is 16.0 Å². The highest BCUT2D eigenvalue weighted by Gasteiger charge is 2.13. The maximum atomic E-state index is 12.0. The molecule has 2 aromatic heterocycles. The zero-order valence-corrected chi connectivity index (χ0v) is 12.4. The Hall–Kier alpha value is -2.33. The summed E-state index contributed by atoms with van der Waals surface area (Å²) in [6, 6.07) is 9.12. The minimum atomic E-state index is -0.0411. The maximum absolute atomic E-state index is 12.0. The van der Waals surface area contributed by atoms with E-state index in [2.05, 4.69) is 4.98 Å². The number of hydrogen-bond donors (Lipinski definition) is 0. The van der Waals surface area contributed by atoms with Crippen molar-refractivity contribution in [2.24, 2.45) is 0 Å². The molecule has 5 heteroatoms. The van der Waals surface area contributed by atoms with Gasteiger partial charge in [-0.05, 0) is 17.7 Å². The third-order valence-corrected chi connectivity index (χ3v) is 3.41. The molecule has 0 bridgehead atoms. The number of halogens is 1. The number of hydrogen-bond acceptors (Lipinski definition) is 3. The van der Waals surface area contributed by atoms with E-state index in [1.54, 1.807) is 43.6 Å². The van der Waals surface area contributed by atoms with Crippen LogP contribution in [0.2, 0.25) is 5.02 Å². The van der Waals surface area contributed by atoms with Gasteiger partial charge in [0.05, 0.1) is 5.02 Å². The van der Waals surface area contributed by atoms with Gasteiger partial charge in [0.25, 0.3) is 5.91 Å². The lowest BCUT2D eigenvalue weighted by atomic mass is 10.0. The summed E-state index contributed by atoms with van der Waals surface area (Å²) in [6.07, 6.45) is 3.21. The summed E-state index contributed by atoms with van der Waals surface area (Å²) in [4.78, 5) is 17.9. The van der Waals surface area contributed by atoms with Gasteiger partial charge in [0, 0.05) is 37.5 Å². The summed E-state index contributed by atoms with van der Waals surface area (Å²) < 4.78 is 5.49. The zero-order valence-electron chi connectivity index (χ0n) is 11.6. The highest BCUT2D eigenvalue weighted by Crippen LogP contribution is 2.30. The first kappa shape index (κ1) is 13.6. The van der Waals surface area contributed by atoms with Crippen LogP contribution in [0.5, 0.6) is 0 Å². The zero-order chi connectivity index (χ0) is 15.0. The van der Waals surface area contributed by atoms with E-state index in [1.165, 1.54) is 0 Å². The van der Waals surface area contributed by atoms with E-state index in [0.29, 0.717) is 16.2 Å². The van der Waals surface area contributed by atoms with Gasteiger partial charge in [-0.1, -0.05) is 23.7 Å². The second-order valence-electron chi connectivity index (χ2n) is 4.93. The number of carbonyl (C=O) groups excluding carboxylic acids is 1. The summed E-state index contributed by atoms with van der Waals surface area (Å²) in [5.41, 5.74) is 3.71. The molecule has 0 atom stereocenters. The third kappa shape index (κ3) is 2.50. The van der Waals surface area contributed by atoms with Crippen LogP contribution in [0.4, 0.5) is 0 Å². The molecule has 0 aliphatic heterocycles. The van der Waals surface area contributed by atoms with E-state index in [9.17, 15) is 4.79 Å². The molecule has 0 spiro atoms. The molecule has 3 aromatic rings. The largest absolute Gasteiger partial charge is 0.462 e. The number of fused-ring (bicyclic) bond motifs is 1. The van der Waals surface area contributed by atoms with Crippen molar-refractivity contribution in [3.63, 3.8) is 0 Å². The molecule has 2 heterocycles. The molecule has 106 valence electrons. The first-order chi connectivity index (χ1) is 10.1. The van der Waals surface area contributed by atoms with Crippen molar-refractivity contribution >= 4 is 28.6 Å². The Morgan fingerprint density at radius 1 is 1.29 bits per heavy atom. The molecule has 0 saturated heterocycles. The summed E-state index contributed by atoms with van der Waals surface area (Å²) in [5.74, 6) is -0.0411. The highest BCUT2D eigenvalue weighted by molar-refractivity contribution is 6.31. The fourth-order valence-electron chi connectivity index (χ4n) is 2.17. The average molecular weight is 301 g/mol. The first-order valence-electron chi connectivity index (χ1n) is 6.41. The number of pyridine rings is 1. The quantitative estimate of drug-likeness (QED) is 0.722. The van der Waals surface area contributed by atoms with Crippen molar-refractivity contribution in [3.8, 4) is 11.1 Å². The molecule has 1 aromatic carbocycles. The average Bonchev–Trinajstić information content (AvgIpc) is 2.89. The summed E-state index contributed by atoms with van der Waals surface area (Å²) in [6.45, 7) is 0. The predicted octanol–water partition coefficient (Wildman–Crippen LogP) is 3.85. The normalized spacial score (nSPS) is 10.8. The Balaban J connectivity index is 2.11. The topological polar surface area (TPSA) is 46.3 Å². The molecular weight excluding hydrogens is 288 g/mol. The number of benzene rings is 1. The van der Waals surface area contributed by atoms with Gasteiger partial charge in [-0.15, -0.1) is 0 Å². The Labute approximate surface area is 127 Å². The maximum Gasteiger partial charge on any atom is 0.253 e. The molecule has 0 fully saturated rings. The van der Waals surface area contributed by atoms with Crippen LogP contribution in [-0.2, 0) is 0 Å². The van der Waals surface area contributed by atoms with Crippen LogP contribution in [0.15, 0.2) is 47.2 Å². The van der Waals surface area contributed by atoms with Gasteiger partial charge in [-0.3, -0.25) is 9.78 Å². The van der Waals surface area contributed by atoms with Crippen molar-refractivity contribution < 1.29 is 9.21 Å². The van der Waals surface area contributed by atoms with Crippen molar-refractivity contribution in [2.75, 3.05) is 14.1 Å². The second kappa shape index (κ2) is 5.22. The van der Waals surface area contributed by atoms with Crippen LogP contribution in [0.25, 0.3) is 22.2 Å². The third-order valence-electron chi connectivity index (χ3n) is 3.20. The Kier molecular flexibility index (Phi) is 3.39. The van der Waals surface area contributed by atoms with Crippen LogP contribution in [0.1, 0.15) is 10.4 Å². The van der Waals surface area contributed by atoms with Crippen molar-refractivity contribution in [2.45, 2.75) is 0 Å². The van der Waals surface area contributed by atoms with Crippen LogP contribution in [0.3, 0.4) is 0 Å². The molecule has 4 nitrogen and oxygen atoms in total. The molecule has 0 aliphatic carbocycles. The van der Waals surface area contributed by atoms with Gasteiger partial charge in [0.15, 0.2) is 5.58 Å². The Bertz CT molecular complexity index is 824. The summed E-state index contributed by atoms with van der Waals surface area (Å²) in [7, 11) is 3.46. The number of furan rings is 1. The smallest absolute Gasteiger partial charge is 0.253 e. The van der Waals surface area contributed by atoms with Crippen LogP contribution < -0.4 is 0 Å². The number of rotatable bonds is 2. The molecule has 0 N–H and O–H groups in total. The lowest BCUT2D eigenvalue weighted by Gasteiger charge is -2.10. The summed E-state index contributed by atoms with van der Waals surface area (Å²) in [5, 5.41) is 0.528. The van der Waals surface area contributed by atoms with E-state index < -0.39 is 0 Å². The van der Waals surface area contributed by atoms with E-state index in [1.807, 2.05) is 18.2 Å². The first-order valence-corrected chi connectivity index (χ1v) is 6.79. The Morgan fingerprint density at radius 3 is 2.86 bits per heavy atom. The molecule has 1 amide bonds. The minimum Gasteiger partial charge on any atom is -0.462 e. The van der Waals surface area contributed by atoms with Crippen LogP contribution in [-0.4, -0.2) is 29.9 Å². The molecular formula is C16H13ClN2O2. The minimum absolute atomic E-state index is 0.0411. The number of carbonyl (C=O) groups is 1. The molecule has 21 heavy (non-hydrogen) atoms. The predicted molar refractivity (Wildman–Crippen MR) is 82.5 cm³/mol. The van der Waals surface area contributed by atoms with E-state index in [-0.39, 0.29) is 5.91 Å². The van der Waals surface area contributed by atoms with Gasteiger partial charge in [-0.25, -0.2) is 0 Å². The van der Waals surface area contributed by atoms with Crippen molar-refractivity contribution in [3.05, 3.63) is 53.4 Å². The van der Waals surface area contributed by atoms with Crippen LogP contribution in [0, 0.1) is 0 Å². The number of amides is 1. The molecule has 3 rings (SSSR count). The standard InChI is InChI=1S/C16H13ClN2O2/c1-19(2)16(20)11-5-3-4-10(6-11)13-9-21-14-7-12(17)8-18-15(13)14/h3-9H,1-2H3. The van der Waals surface area contributed by atoms with Gasteiger partial charge < -0.3 is 9.32 Å². The van der Waals surface area contributed by atoms with Gasteiger partial charge in [0.1, 0.15) is 11.8 Å². The summed E-state index contributed by atoms with van der Waals surface area (Å²) >= 11 is 5.90. The second-order valence-corrected chi connectivity index (χ2v) is 5.37. The molecule has 0 unspecified atom stereocenters. The highest BCUT2D eigenvalue weighted by atomic mass is 35.5. The van der Waals surface area contributed by atoms with Crippen molar-refractivity contribution in [1.29, 1.82) is 0 Å². The monoisotopic (exact) mass is 300 g/mol. The fourth-order valence-corrected chi connectivity index (χ4v) is 2.32. The van der Waals surface area contributed by atoms with Crippen LogP contribution >= 0.6 is 11.6 Å². The lowest BCUT2D eigenvalue weighted by Crippen LogP contribution is -2.21. The molecule has 0 aliphatic rings. The lowest BCUT2D eigenvalue weighted by molar-refractivity contribution is 0.0827. The molecule has 0 radical (unpaired) electrons. The number of nitrogens with zero attached hydrogens (tertiary/aromatic N) is 2. The van der Waals surface area contributed by atoms with E-state index >= 15 is 0 Å². The molecule has 0 saturated carbocycles. The van der Waals surface area contributed by atoms with Gasteiger partial charge in [0.2, 0.25) is 0 Å². The SMILES string of the molecule is CN(C)C(=O)c1cccc(-c2coc3cc(Cl)cnc23)c1. The van der Waals surface area contributed by atoms with Gasteiger partial charge >= 0.3 is 0 Å². The van der Waals surface area contributed by atoms with Gasteiger partial charge in [-0.2, -0.15) is 0 Å². The van der Waals surface area contributed by atoms with Crippen molar-refractivity contribution in [1.82, 2.24) is 9.88 Å². The Morgan fingerprint density at radius 2 is 2.10 bits per heavy atom. The van der Waals surface area contributed by atoms with E-state index in [0.717, 1.165) is 16.6 Å².